The molecule has 0 unspecified atom stereocenters. The summed E-state index contributed by atoms with van der Waals surface area (Å²) in [7, 11) is 0. The Balaban J connectivity index is 1.58. The lowest BCUT2D eigenvalue weighted by atomic mass is 10.0. The topological polar surface area (TPSA) is 48.5 Å². The van der Waals surface area contributed by atoms with Crippen LogP contribution in [0.2, 0.25) is 0 Å². The van der Waals surface area contributed by atoms with Crippen LogP contribution in [-0.4, -0.2) is 66.0 Å². The fourth-order valence-electron chi connectivity index (χ4n) is 2.76. The van der Waals surface area contributed by atoms with E-state index in [-0.39, 0.29) is 5.91 Å². The molecule has 1 aromatic rings. The predicted molar refractivity (Wildman–Crippen MR) is 73.1 cm³/mol. The first-order valence-electron chi connectivity index (χ1n) is 6.91. The van der Waals surface area contributed by atoms with E-state index in [4.69, 9.17) is 0 Å². The molecule has 5 nitrogen and oxygen atoms in total. The molecule has 1 aromatic heterocycles. The summed E-state index contributed by atoms with van der Waals surface area (Å²) in [5.41, 5.74) is 1.55. The molecular weight excluding hydrogens is 240 g/mol. The van der Waals surface area contributed by atoms with E-state index in [0.29, 0.717) is 11.7 Å². The van der Waals surface area contributed by atoms with Crippen LogP contribution in [0.5, 0.6) is 0 Å². The molecule has 1 amide bonds. The van der Waals surface area contributed by atoms with Crippen molar-refractivity contribution in [2.75, 3.05) is 39.3 Å². The Morgan fingerprint density at radius 1 is 1.37 bits per heavy atom. The van der Waals surface area contributed by atoms with Crippen molar-refractivity contribution >= 4 is 5.91 Å². The molecule has 2 fully saturated rings. The molecule has 0 aliphatic carbocycles. The molecule has 1 N–H and O–H groups in total. The predicted octanol–water partition coefficient (Wildman–Crippen LogP) is 0.120. The number of aryl methyl sites for hydroxylation is 1. The number of pyridine rings is 1. The Bertz CT molecular complexity index is 464. The molecule has 0 bridgehead atoms. The molecule has 3 rings (SSSR count). The molecule has 2 aliphatic heterocycles. The van der Waals surface area contributed by atoms with Crippen molar-refractivity contribution in [2.45, 2.75) is 13.0 Å². The minimum absolute atomic E-state index is 0.0736. The zero-order chi connectivity index (χ0) is 13.2. The number of nitrogens with one attached hydrogen (secondary N) is 1. The monoisotopic (exact) mass is 260 g/mol. The number of piperazine rings is 1. The lowest BCUT2D eigenvalue weighted by Gasteiger charge is -2.46. The van der Waals surface area contributed by atoms with E-state index in [9.17, 15) is 4.79 Å². The van der Waals surface area contributed by atoms with E-state index < -0.39 is 0 Å². The third kappa shape index (κ3) is 2.48. The van der Waals surface area contributed by atoms with Crippen molar-refractivity contribution in [1.82, 2.24) is 20.1 Å². The smallest absolute Gasteiger partial charge is 0.272 e. The van der Waals surface area contributed by atoms with Crippen LogP contribution in [0.25, 0.3) is 0 Å². The van der Waals surface area contributed by atoms with E-state index in [0.717, 1.165) is 44.8 Å². The molecule has 2 saturated heterocycles. The number of hydrogen-bond donors (Lipinski definition) is 1. The lowest BCUT2D eigenvalue weighted by Crippen LogP contribution is -2.64. The van der Waals surface area contributed by atoms with Crippen molar-refractivity contribution in [1.29, 1.82) is 0 Å². The molecule has 19 heavy (non-hydrogen) atoms. The van der Waals surface area contributed by atoms with E-state index in [1.807, 2.05) is 24.0 Å². The first-order valence-corrected chi connectivity index (χ1v) is 6.91. The second kappa shape index (κ2) is 5.27. The minimum Gasteiger partial charge on any atom is -0.334 e. The molecule has 102 valence electrons. The quantitative estimate of drug-likeness (QED) is 0.820. The van der Waals surface area contributed by atoms with Crippen LogP contribution < -0.4 is 5.32 Å². The van der Waals surface area contributed by atoms with Gasteiger partial charge >= 0.3 is 0 Å². The van der Waals surface area contributed by atoms with Gasteiger partial charge in [-0.05, 0) is 18.6 Å². The van der Waals surface area contributed by atoms with Crippen molar-refractivity contribution in [3.05, 3.63) is 29.6 Å². The summed E-state index contributed by atoms with van der Waals surface area (Å²) < 4.78 is 0. The third-order valence-corrected chi connectivity index (χ3v) is 4.03. The van der Waals surface area contributed by atoms with E-state index >= 15 is 0 Å². The van der Waals surface area contributed by atoms with E-state index in [1.165, 1.54) is 0 Å². The summed E-state index contributed by atoms with van der Waals surface area (Å²) in [6, 6.07) is 4.34. The van der Waals surface area contributed by atoms with Crippen molar-refractivity contribution in [2.24, 2.45) is 0 Å². The molecule has 0 saturated carbocycles. The molecule has 5 heteroatoms. The number of amides is 1. The zero-order valence-electron chi connectivity index (χ0n) is 11.3. The van der Waals surface area contributed by atoms with Gasteiger partial charge in [0.15, 0.2) is 0 Å². The maximum atomic E-state index is 12.3. The number of rotatable bonds is 2. The first-order chi connectivity index (χ1) is 9.25. The van der Waals surface area contributed by atoms with E-state index in [2.05, 4.69) is 15.2 Å². The van der Waals surface area contributed by atoms with Crippen LogP contribution in [0.15, 0.2) is 18.3 Å². The SMILES string of the molecule is Cc1cccnc1C(=O)N1CC(N2CCNCC2)C1. The molecular formula is C14H20N4O. The number of aromatic nitrogens is 1. The minimum atomic E-state index is 0.0736. The highest BCUT2D eigenvalue weighted by atomic mass is 16.2. The highest BCUT2D eigenvalue weighted by molar-refractivity contribution is 5.94. The summed E-state index contributed by atoms with van der Waals surface area (Å²) >= 11 is 0. The van der Waals surface area contributed by atoms with E-state index in [1.54, 1.807) is 6.20 Å². The maximum absolute atomic E-state index is 12.3. The Hall–Kier alpha value is -1.46. The Labute approximate surface area is 113 Å². The average molecular weight is 260 g/mol. The van der Waals surface area contributed by atoms with Gasteiger partial charge in [0.2, 0.25) is 0 Å². The first kappa shape index (κ1) is 12.6. The number of carbonyl (C=O) groups excluding carboxylic acids is 1. The number of carbonyl (C=O) groups is 1. The van der Waals surface area contributed by atoms with Gasteiger partial charge in [0, 0.05) is 51.5 Å². The van der Waals surface area contributed by atoms with Crippen molar-refractivity contribution in [3.8, 4) is 0 Å². The largest absolute Gasteiger partial charge is 0.334 e. The van der Waals surface area contributed by atoms with Crippen LogP contribution in [0, 0.1) is 6.92 Å². The Morgan fingerprint density at radius 2 is 2.11 bits per heavy atom. The van der Waals surface area contributed by atoms with Gasteiger partial charge in [-0.2, -0.15) is 0 Å². The van der Waals surface area contributed by atoms with Crippen LogP contribution in [0.4, 0.5) is 0 Å². The number of nitrogens with zero attached hydrogens (tertiary/aromatic N) is 3. The van der Waals surface area contributed by atoms with Crippen molar-refractivity contribution in [3.63, 3.8) is 0 Å². The van der Waals surface area contributed by atoms with Crippen molar-refractivity contribution < 1.29 is 4.79 Å². The molecule has 0 atom stereocenters. The Kier molecular flexibility index (Phi) is 3.48. The summed E-state index contributed by atoms with van der Waals surface area (Å²) in [5.74, 6) is 0.0736. The Morgan fingerprint density at radius 3 is 2.79 bits per heavy atom. The fourth-order valence-corrected chi connectivity index (χ4v) is 2.76. The van der Waals surface area contributed by atoms with Gasteiger partial charge in [-0.3, -0.25) is 14.7 Å². The lowest BCUT2D eigenvalue weighted by molar-refractivity contribution is 0.0222. The molecule has 2 aliphatic rings. The second-order valence-electron chi connectivity index (χ2n) is 5.32. The van der Waals surface area contributed by atoms with Gasteiger partial charge in [-0.1, -0.05) is 6.07 Å². The van der Waals surface area contributed by atoms with Gasteiger partial charge < -0.3 is 10.2 Å². The highest BCUT2D eigenvalue weighted by Gasteiger charge is 2.36. The van der Waals surface area contributed by atoms with Crippen LogP contribution in [-0.2, 0) is 0 Å². The molecule has 0 spiro atoms. The average Bonchev–Trinajstić information content (AvgIpc) is 2.38. The molecule has 0 radical (unpaired) electrons. The second-order valence-corrected chi connectivity index (χ2v) is 5.32. The van der Waals surface area contributed by atoms with Gasteiger partial charge in [-0.25, -0.2) is 0 Å². The normalized spacial score (nSPS) is 21.2. The molecule has 0 aromatic carbocycles. The van der Waals surface area contributed by atoms with Crippen LogP contribution >= 0.6 is 0 Å². The van der Waals surface area contributed by atoms with Gasteiger partial charge in [0.05, 0.1) is 0 Å². The number of hydrogen-bond acceptors (Lipinski definition) is 4. The van der Waals surface area contributed by atoms with Gasteiger partial charge in [0.25, 0.3) is 5.91 Å². The summed E-state index contributed by atoms with van der Waals surface area (Å²) in [5, 5.41) is 3.35. The zero-order valence-corrected chi connectivity index (χ0v) is 11.3. The number of likely N-dealkylation sites (tertiary alicyclic amines) is 1. The van der Waals surface area contributed by atoms with Crippen LogP contribution in [0.1, 0.15) is 16.1 Å². The molecule has 3 heterocycles. The van der Waals surface area contributed by atoms with Crippen LogP contribution in [0.3, 0.4) is 0 Å². The summed E-state index contributed by atoms with van der Waals surface area (Å²) in [6.45, 7) is 7.93. The standard InChI is InChI=1S/C14H20N4O/c1-11-3-2-4-16-13(11)14(19)18-9-12(10-18)17-7-5-15-6-8-17/h2-4,12,15H,5-10H2,1H3. The third-order valence-electron chi connectivity index (χ3n) is 4.03. The van der Waals surface area contributed by atoms with Gasteiger partial charge in [0.1, 0.15) is 5.69 Å². The summed E-state index contributed by atoms with van der Waals surface area (Å²) in [4.78, 5) is 20.9. The van der Waals surface area contributed by atoms with Gasteiger partial charge in [-0.15, -0.1) is 0 Å². The fraction of sp³-hybridized carbons (Fsp3) is 0.571. The highest BCUT2D eigenvalue weighted by Crippen LogP contribution is 2.18. The maximum Gasteiger partial charge on any atom is 0.272 e. The summed E-state index contributed by atoms with van der Waals surface area (Å²) in [6.07, 6.45) is 1.69.